The van der Waals surface area contributed by atoms with E-state index in [0.29, 0.717) is 0 Å². The van der Waals surface area contributed by atoms with Gasteiger partial charge in [0.25, 0.3) is 0 Å². The van der Waals surface area contributed by atoms with Gasteiger partial charge in [0.15, 0.2) is 5.65 Å². The number of nitrogens with zero attached hydrogens (tertiary/aromatic N) is 3. The number of pyridine rings is 1. The van der Waals surface area contributed by atoms with Crippen molar-refractivity contribution >= 4 is 5.65 Å². The summed E-state index contributed by atoms with van der Waals surface area (Å²) in [6.07, 6.45) is 2.71. The molecule has 0 aromatic carbocycles. The van der Waals surface area contributed by atoms with Gasteiger partial charge < -0.3 is 5.73 Å². The van der Waals surface area contributed by atoms with Crippen LogP contribution in [0.3, 0.4) is 0 Å². The third-order valence-electron chi connectivity index (χ3n) is 1.89. The first kappa shape index (κ1) is 8.19. The van der Waals surface area contributed by atoms with Gasteiger partial charge in [-0.05, 0) is 19.1 Å². The first-order valence-corrected chi connectivity index (χ1v) is 4.31. The number of hydrogen-bond acceptors (Lipinski definition) is 3. The fraction of sp³-hybridized carbons (Fsp3) is 0.333. The molecule has 4 nitrogen and oxygen atoms in total. The van der Waals surface area contributed by atoms with Crippen molar-refractivity contribution in [3.63, 3.8) is 0 Å². The van der Waals surface area contributed by atoms with Crippen molar-refractivity contribution < 1.29 is 0 Å². The predicted octanol–water partition coefficient (Wildman–Crippen LogP) is 0.619. The van der Waals surface area contributed by atoms with Gasteiger partial charge in [-0.25, -0.2) is 0 Å². The summed E-state index contributed by atoms with van der Waals surface area (Å²) in [5.41, 5.74) is 6.57. The van der Waals surface area contributed by atoms with Gasteiger partial charge in [0, 0.05) is 18.7 Å². The number of nitrogens with two attached hydrogens (primary N) is 1. The summed E-state index contributed by atoms with van der Waals surface area (Å²) < 4.78 is 1.96. The van der Waals surface area contributed by atoms with Crippen molar-refractivity contribution in [2.75, 3.05) is 0 Å². The van der Waals surface area contributed by atoms with E-state index in [1.54, 1.807) is 0 Å². The SMILES string of the molecule is CC(N)Cc1nnc2ccccn12. The molecule has 2 N–H and O–H groups in total. The van der Waals surface area contributed by atoms with Gasteiger partial charge in [0.05, 0.1) is 0 Å². The molecule has 0 saturated carbocycles. The zero-order valence-corrected chi connectivity index (χ0v) is 7.51. The Kier molecular flexibility index (Phi) is 1.98. The molecule has 68 valence electrons. The van der Waals surface area contributed by atoms with Gasteiger partial charge in [-0.15, -0.1) is 10.2 Å². The number of fused-ring (bicyclic) bond motifs is 1. The lowest BCUT2D eigenvalue weighted by Crippen LogP contribution is -2.19. The van der Waals surface area contributed by atoms with E-state index in [0.717, 1.165) is 17.9 Å². The van der Waals surface area contributed by atoms with Crippen LogP contribution in [0.25, 0.3) is 5.65 Å². The molecule has 13 heavy (non-hydrogen) atoms. The molecule has 1 unspecified atom stereocenters. The second kappa shape index (κ2) is 3.14. The van der Waals surface area contributed by atoms with Crippen LogP contribution in [0.15, 0.2) is 24.4 Å². The molecule has 2 rings (SSSR count). The lowest BCUT2D eigenvalue weighted by Gasteiger charge is -2.01. The minimum atomic E-state index is 0.118. The zero-order valence-electron chi connectivity index (χ0n) is 7.51. The minimum Gasteiger partial charge on any atom is -0.328 e. The van der Waals surface area contributed by atoms with Gasteiger partial charge in [0.2, 0.25) is 0 Å². The van der Waals surface area contributed by atoms with Crippen molar-refractivity contribution in [3.05, 3.63) is 30.2 Å². The summed E-state index contributed by atoms with van der Waals surface area (Å²) in [4.78, 5) is 0. The topological polar surface area (TPSA) is 56.2 Å². The van der Waals surface area contributed by atoms with E-state index in [1.807, 2.05) is 35.7 Å². The summed E-state index contributed by atoms with van der Waals surface area (Å²) in [6, 6.07) is 5.95. The van der Waals surface area contributed by atoms with Gasteiger partial charge in [-0.3, -0.25) is 4.40 Å². The van der Waals surface area contributed by atoms with Gasteiger partial charge in [0.1, 0.15) is 5.82 Å². The van der Waals surface area contributed by atoms with Crippen molar-refractivity contribution in [1.82, 2.24) is 14.6 Å². The summed E-state index contributed by atoms with van der Waals surface area (Å²) in [6.45, 7) is 1.96. The van der Waals surface area contributed by atoms with Crippen molar-refractivity contribution in [2.45, 2.75) is 19.4 Å². The van der Waals surface area contributed by atoms with E-state index in [9.17, 15) is 0 Å². The van der Waals surface area contributed by atoms with Crippen LogP contribution in [0, 0.1) is 0 Å². The quantitative estimate of drug-likeness (QED) is 0.729. The molecule has 4 heteroatoms. The molecule has 0 aliphatic heterocycles. The van der Waals surface area contributed by atoms with Crippen LogP contribution in [0.5, 0.6) is 0 Å². The van der Waals surface area contributed by atoms with Gasteiger partial charge in [-0.1, -0.05) is 6.07 Å². The lowest BCUT2D eigenvalue weighted by molar-refractivity contribution is 0.695. The summed E-state index contributed by atoms with van der Waals surface area (Å²) >= 11 is 0. The molecule has 0 saturated heterocycles. The van der Waals surface area contributed by atoms with Crippen LogP contribution >= 0.6 is 0 Å². The first-order chi connectivity index (χ1) is 6.27. The maximum Gasteiger partial charge on any atom is 0.160 e. The highest BCUT2D eigenvalue weighted by Gasteiger charge is 2.05. The van der Waals surface area contributed by atoms with Crippen LogP contribution < -0.4 is 5.73 Å². The third-order valence-corrected chi connectivity index (χ3v) is 1.89. The van der Waals surface area contributed by atoms with E-state index in [4.69, 9.17) is 5.73 Å². The highest BCUT2D eigenvalue weighted by atomic mass is 15.2. The van der Waals surface area contributed by atoms with E-state index in [1.165, 1.54) is 0 Å². The largest absolute Gasteiger partial charge is 0.328 e. The Morgan fingerprint density at radius 3 is 3.08 bits per heavy atom. The summed E-state index contributed by atoms with van der Waals surface area (Å²) in [5, 5.41) is 8.10. The molecule has 0 bridgehead atoms. The monoisotopic (exact) mass is 176 g/mol. The van der Waals surface area contributed by atoms with Crippen molar-refractivity contribution in [1.29, 1.82) is 0 Å². The average Bonchev–Trinajstić information content (AvgIpc) is 2.48. The molecule has 1 atom stereocenters. The normalized spacial score (nSPS) is 13.4. The standard InChI is InChI=1S/C9H12N4/c1-7(10)6-9-12-11-8-4-2-3-5-13(8)9/h2-5,7H,6,10H2,1H3. The highest BCUT2D eigenvalue weighted by molar-refractivity contribution is 5.37. The van der Waals surface area contributed by atoms with E-state index >= 15 is 0 Å². The fourth-order valence-electron chi connectivity index (χ4n) is 1.32. The Hall–Kier alpha value is -1.42. The highest BCUT2D eigenvalue weighted by Crippen LogP contribution is 2.03. The van der Waals surface area contributed by atoms with Crippen LogP contribution in [0.4, 0.5) is 0 Å². The maximum atomic E-state index is 5.69. The molecule has 0 fully saturated rings. The van der Waals surface area contributed by atoms with Crippen LogP contribution in [0.1, 0.15) is 12.7 Å². The Bertz CT molecular complexity index is 405. The average molecular weight is 176 g/mol. The Balaban J connectivity index is 2.46. The second-order valence-corrected chi connectivity index (χ2v) is 3.23. The van der Waals surface area contributed by atoms with E-state index < -0.39 is 0 Å². The zero-order chi connectivity index (χ0) is 9.26. The Morgan fingerprint density at radius 2 is 2.31 bits per heavy atom. The van der Waals surface area contributed by atoms with Crippen molar-refractivity contribution in [2.24, 2.45) is 5.73 Å². The first-order valence-electron chi connectivity index (χ1n) is 4.31. The Morgan fingerprint density at radius 1 is 1.46 bits per heavy atom. The second-order valence-electron chi connectivity index (χ2n) is 3.23. The number of aromatic nitrogens is 3. The van der Waals surface area contributed by atoms with Gasteiger partial charge in [-0.2, -0.15) is 0 Å². The maximum absolute atomic E-state index is 5.69. The van der Waals surface area contributed by atoms with Gasteiger partial charge >= 0.3 is 0 Å². The molecule has 2 aromatic heterocycles. The van der Waals surface area contributed by atoms with E-state index in [-0.39, 0.29) is 6.04 Å². The van der Waals surface area contributed by atoms with Crippen LogP contribution in [-0.2, 0) is 6.42 Å². The smallest absolute Gasteiger partial charge is 0.160 e. The number of rotatable bonds is 2. The predicted molar refractivity (Wildman–Crippen MR) is 50.3 cm³/mol. The minimum absolute atomic E-state index is 0.118. The molecule has 0 aliphatic rings. The molecular weight excluding hydrogens is 164 g/mol. The van der Waals surface area contributed by atoms with Crippen LogP contribution in [-0.4, -0.2) is 20.6 Å². The lowest BCUT2D eigenvalue weighted by atomic mass is 10.2. The molecule has 0 amide bonds. The van der Waals surface area contributed by atoms with E-state index in [2.05, 4.69) is 10.2 Å². The molecule has 2 heterocycles. The van der Waals surface area contributed by atoms with Crippen LogP contribution in [0.2, 0.25) is 0 Å². The summed E-state index contributed by atoms with van der Waals surface area (Å²) in [7, 11) is 0. The summed E-state index contributed by atoms with van der Waals surface area (Å²) in [5.74, 6) is 0.922. The third kappa shape index (κ3) is 1.53. The molecule has 2 aromatic rings. The molecule has 0 aliphatic carbocycles. The molecule has 0 radical (unpaired) electrons. The molecule has 0 spiro atoms. The molecular formula is C9H12N4. The fourth-order valence-corrected chi connectivity index (χ4v) is 1.32. The number of hydrogen-bond donors (Lipinski definition) is 1. The van der Waals surface area contributed by atoms with Crippen molar-refractivity contribution in [3.8, 4) is 0 Å². The Labute approximate surface area is 76.4 Å².